The van der Waals surface area contributed by atoms with Crippen LogP contribution in [0.3, 0.4) is 0 Å². The molecule has 0 saturated heterocycles. The fraction of sp³-hybridized carbons (Fsp3) is 0.667. The largest absolute Gasteiger partial charge is 0.197 e. The molecule has 0 amide bonds. The van der Waals surface area contributed by atoms with E-state index < -0.39 is 0 Å². The third-order valence-corrected chi connectivity index (χ3v) is 2.74. The molecule has 1 nitrogen and oxygen atoms in total. The van der Waals surface area contributed by atoms with E-state index in [0.717, 1.165) is 0 Å². The summed E-state index contributed by atoms with van der Waals surface area (Å²) in [5.41, 5.74) is 2.91. The maximum atomic E-state index is 4.34. The fourth-order valence-corrected chi connectivity index (χ4v) is 2.17. The van der Waals surface area contributed by atoms with Gasteiger partial charge in [-0.25, -0.2) is 0 Å². The standard InChI is InChI=1S/C7H9NS.C2H6/c1-5-6-3-2-4-7(6)8-9-5;1-2/h2-4H2,1H3;1-2H3. The van der Waals surface area contributed by atoms with Crippen LogP contribution in [0, 0.1) is 6.92 Å². The Morgan fingerprint density at radius 3 is 2.64 bits per heavy atom. The average Bonchev–Trinajstić information content (AvgIpc) is 2.60. The van der Waals surface area contributed by atoms with Gasteiger partial charge in [-0.3, -0.25) is 0 Å². The highest BCUT2D eigenvalue weighted by Crippen LogP contribution is 2.26. The first kappa shape index (κ1) is 8.72. The van der Waals surface area contributed by atoms with Crippen LogP contribution in [-0.2, 0) is 12.8 Å². The SMILES string of the molecule is CC.Cc1snc2c1CCC2. The summed E-state index contributed by atoms with van der Waals surface area (Å²) in [6.45, 7) is 6.17. The Hall–Kier alpha value is -0.370. The molecule has 11 heavy (non-hydrogen) atoms. The summed E-state index contributed by atoms with van der Waals surface area (Å²) in [4.78, 5) is 1.43. The monoisotopic (exact) mass is 169 g/mol. The molecule has 1 aromatic rings. The van der Waals surface area contributed by atoms with Crippen molar-refractivity contribution < 1.29 is 0 Å². The zero-order chi connectivity index (χ0) is 8.27. The van der Waals surface area contributed by atoms with Gasteiger partial charge in [0.05, 0.1) is 5.69 Å². The minimum Gasteiger partial charge on any atom is -0.197 e. The predicted molar refractivity (Wildman–Crippen MR) is 50.2 cm³/mol. The van der Waals surface area contributed by atoms with Crippen LogP contribution in [0.2, 0.25) is 0 Å². The molecule has 0 radical (unpaired) electrons. The highest BCUT2D eigenvalue weighted by molar-refractivity contribution is 7.05. The Morgan fingerprint density at radius 1 is 1.27 bits per heavy atom. The van der Waals surface area contributed by atoms with Gasteiger partial charge in [0.15, 0.2) is 0 Å². The van der Waals surface area contributed by atoms with Crippen molar-refractivity contribution in [3.63, 3.8) is 0 Å². The Kier molecular flexibility index (Phi) is 3.06. The van der Waals surface area contributed by atoms with Crippen LogP contribution in [0.4, 0.5) is 0 Å². The lowest BCUT2D eigenvalue weighted by atomic mass is 10.2. The average molecular weight is 169 g/mol. The highest BCUT2D eigenvalue weighted by Gasteiger charge is 2.15. The van der Waals surface area contributed by atoms with Crippen molar-refractivity contribution in [2.45, 2.75) is 40.0 Å². The first-order chi connectivity index (χ1) is 5.38. The van der Waals surface area contributed by atoms with Gasteiger partial charge in [-0.15, -0.1) is 0 Å². The first-order valence-electron chi connectivity index (χ1n) is 4.32. The van der Waals surface area contributed by atoms with E-state index in [1.807, 2.05) is 13.8 Å². The maximum absolute atomic E-state index is 4.34. The minimum absolute atomic E-state index is 1.22. The number of hydrogen-bond acceptors (Lipinski definition) is 2. The van der Waals surface area contributed by atoms with Gasteiger partial charge in [0.25, 0.3) is 0 Å². The van der Waals surface area contributed by atoms with Gasteiger partial charge in [-0.1, -0.05) is 13.8 Å². The molecule has 2 rings (SSSR count). The van der Waals surface area contributed by atoms with E-state index in [1.54, 1.807) is 17.1 Å². The zero-order valence-electron chi connectivity index (χ0n) is 7.48. The molecule has 0 N–H and O–H groups in total. The molecule has 0 bridgehead atoms. The van der Waals surface area contributed by atoms with E-state index in [1.165, 1.54) is 29.8 Å². The van der Waals surface area contributed by atoms with Crippen molar-refractivity contribution in [3.05, 3.63) is 16.1 Å². The Bertz CT molecular complexity index is 227. The van der Waals surface area contributed by atoms with Crippen LogP contribution in [0.1, 0.15) is 36.4 Å². The number of hydrogen-bond donors (Lipinski definition) is 0. The smallest absolute Gasteiger partial charge is 0.0577 e. The molecular weight excluding hydrogens is 154 g/mol. The maximum Gasteiger partial charge on any atom is 0.0577 e. The quantitative estimate of drug-likeness (QED) is 0.582. The highest BCUT2D eigenvalue weighted by atomic mass is 32.1. The Balaban J connectivity index is 0.000000281. The van der Waals surface area contributed by atoms with Crippen LogP contribution in [-0.4, -0.2) is 4.37 Å². The number of nitrogens with zero attached hydrogens (tertiary/aromatic N) is 1. The molecule has 1 aliphatic carbocycles. The second kappa shape index (κ2) is 3.86. The normalized spacial score (nSPS) is 13.7. The van der Waals surface area contributed by atoms with Crippen LogP contribution in [0.5, 0.6) is 0 Å². The summed E-state index contributed by atoms with van der Waals surface area (Å²) in [6, 6.07) is 0. The van der Waals surface area contributed by atoms with Crippen LogP contribution < -0.4 is 0 Å². The van der Waals surface area contributed by atoms with Gasteiger partial charge in [-0.2, -0.15) is 4.37 Å². The lowest BCUT2D eigenvalue weighted by molar-refractivity contribution is 0.899. The van der Waals surface area contributed by atoms with Crippen molar-refractivity contribution in [1.82, 2.24) is 4.37 Å². The first-order valence-corrected chi connectivity index (χ1v) is 5.09. The molecule has 0 aliphatic heterocycles. The van der Waals surface area contributed by atoms with Crippen molar-refractivity contribution in [3.8, 4) is 0 Å². The van der Waals surface area contributed by atoms with Gasteiger partial charge in [0.2, 0.25) is 0 Å². The second-order valence-corrected chi connectivity index (χ2v) is 3.50. The molecule has 1 heterocycles. The molecule has 0 aromatic carbocycles. The third-order valence-electron chi connectivity index (χ3n) is 1.91. The van der Waals surface area contributed by atoms with Gasteiger partial charge < -0.3 is 0 Å². The number of fused-ring (bicyclic) bond motifs is 1. The number of rotatable bonds is 0. The van der Waals surface area contributed by atoms with E-state index in [0.29, 0.717) is 0 Å². The van der Waals surface area contributed by atoms with Gasteiger partial charge >= 0.3 is 0 Å². The van der Waals surface area contributed by atoms with Crippen molar-refractivity contribution in [2.75, 3.05) is 0 Å². The topological polar surface area (TPSA) is 12.9 Å². The van der Waals surface area contributed by atoms with Crippen LogP contribution in [0.25, 0.3) is 0 Å². The van der Waals surface area contributed by atoms with E-state index in [4.69, 9.17) is 0 Å². The van der Waals surface area contributed by atoms with E-state index in [2.05, 4.69) is 11.3 Å². The summed E-state index contributed by atoms with van der Waals surface area (Å²) < 4.78 is 4.34. The molecule has 0 atom stereocenters. The van der Waals surface area contributed by atoms with Crippen molar-refractivity contribution in [1.29, 1.82) is 0 Å². The molecule has 0 spiro atoms. The van der Waals surface area contributed by atoms with Gasteiger partial charge in [0, 0.05) is 4.88 Å². The van der Waals surface area contributed by atoms with E-state index >= 15 is 0 Å². The number of aryl methyl sites for hydroxylation is 2. The summed E-state index contributed by atoms with van der Waals surface area (Å²) >= 11 is 1.66. The lowest BCUT2D eigenvalue weighted by Gasteiger charge is -1.85. The Labute approximate surface area is 72.6 Å². The van der Waals surface area contributed by atoms with Crippen LogP contribution >= 0.6 is 11.5 Å². The molecular formula is C9H15NS. The molecule has 1 aromatic heterocycles. The lowest BCUT2D eigenvalue weighted by Crippen LogP contribution is -1.75. The summed E-state index contributed by atoms with van der Waals surface area (Å²) in [5, 5.41) is 0. The molecule has 62 valence electrons. The van der Waals surface area contributed by atoms with Crippen LogP contribution in [0.15, 0.2) is 0 Å². The zero-order valence-corrected chi connectivity index (χ0v) is 8.29. The summed E-state index contributed by atoms with van der Waals surface area (Å²) in [5.74, 6) is 0. The number of aromatic nitrogens is 1. The van der Waals surface area contributed by atoms with Gasteiger partial charge in [0.1, 0.15) is 0 Å². The predicted octanol–water partition coefficient (Wildman–Crippen LogP) is 2.97. The van der Waals surface area contributed by atoms with E-state index in [-0.39, 0.29) is 0 Å². The molecule has 1 aliphatic rings. The van der Waals surface area contributed by atoms with E-state index in [9.17, 15) is 0 Å². The molecule has 2 heteroatoms. The second-order valence-electron chi connectivity index (χ2n) is 2.52. The summed E-state index contributed by atoms with van der Waals surface area (Å²) in [7, 11) is 0. The minimum atomic E-state index is 1.22. The van der Waals surface area contributed by atoms with Gasteiger partial charge in [-0.05, 0) is 43.3 Å². The Morgan fingerprint density at radius 2 is 2.00 bits per heavy atom. The summed E-state index contributed by atoms with van der Waals surface area (Å²) in [6.07, 6.45) is 3.82. The third kappa shape index (κ3) is 1.62. The fourth-order valence-electron chi connectivity index (χ4n) is 1.39. The molecule has 0 unspecified atom stereocenters. The van der Waals surface area contributed by atoms with Crippen molar-refractivity contribution >= 4 is 11.5 Å². The van der Waals surface area contributed by atoms with Crippen molar-refractivity contribution in [2.24, 2.45) is 0 Å². The molecule has 0 fully saturated rings. The molecule has 0 saturated carbocycles.